The van der Waals surface area contributed by atoms with Crippen molar-refractivity contribution in [1.82, 2.24) is 0 Å². The lowest BCUT2D eigenvalue weighted by atomic mass is 10.1. The predicted octanol–water partition coefficient (Wildman–Crippen LogP) is 5.96. The second-order valence-electron chi connectivity index (χ2n) is 6.85. The zero-order valence-corrected chi connectivity index (χ0v) is 17.5. The fourth-order valence-electron chi connectivity index (χ4n) is 2.98. The van der Waals surface area contributed by atoms with Crippen LogP contribution in [0.5, 0.6) is 11.5 Å². The molecule has 156 valence electrons. The second-order valence-corrected chi connectivity index (χ2v) is 6.85. The summed E-state index contributed by atoms with van der Waals surface area (Å²) < 4.78 is 10.5. The summed E-state index contributed by atoms with van der Waals surface area (Å²) in [6.07, 6.45) is 2.24. The van der Waals surface area contributed by atoms with Gasteiger partial charge in [-0.1, -0.05) is 25.3 Å². The number of carbonyl (C=O) groups excluding carboxylic acids is 2. The number of rotatable bonds is 7. The number of aryl methyl sites for hydroxylation is 2. The average molecular weight is 413 g/mol. The highest BCUT2D eigenvalue weighted by molar-refractivity contribution is 5.85. The van der Waals surface area contributed by atoms with Crippen LogP contribution in [0.3, 0.4) is 0 Å². The van der Waals surface area contributed by atoms with E-state index in [9.17, 15) is 9.59 Å². The third-order valence-electron chi connectivity index (χ3n) is 4.69. The summed E-state index contributed by atoms with van der Waals surface area (Å²) in [6.45, 7) is 11.0. The van der Waals surface area contributed by atoms with Crippen LogP contribution in [0.2, 0.25) is 0 Å². The number of ether oxygens (including phenoxy) is 2. The topological polar surface area (TPSA) is 55.8 Å². The Morgan fingerprint density at radius 2 is 1.29 bits per heavy atom. The Balaban J connectivity index is 2.05. The Labute approximate surface area is 181 Å². The molecule has 0 aliphatic carbocycles. The van der Waals surface area contributed by atoms with Gasteiger partial charge in [0.15, 0.2) is 0 Å². The molecule has 3 aromatic carbocycles. The van der Waals surface area contributed by atoms with E-state index in [0.29, 0.717) is 11.5 Å². The van der Waals surface area contributed by atoms with Gasteiger partial charge in [0.2, 0.25) is 0 Å². The quantitative estimate of drug-likeness (QED) is 0.272. The van der Waals surface area contributed by atoms with Crippen molar-refractivity contribution in [2.45, 2.75) is 13.8 Å². The van der Waals surface area contributed by atoms with Gasteiger partial charge in [-0.3, -0.25) is 0 Å². The minimum absolute atomic E-state index is 0.410. The summed E-state index contributed by atoms with van der Waals surface area (Å²) in [5.41, 5.74) is 4.91. The summed E-state index contributed by atoms with van der Waals surface area (Å²) >= 11 is 0. The number of esters is 2. The third kappa shape index (κ3) is 5.28. The molecule has 5 heteroatoms. The largest absolute Gasteiger partial charge is 0.423 e. The highest BCUT2D eigenvalue weighted by Gasteiger charge is 2.15. The van der Waals surface area contributed by atoms with Gasteiger partial charge < -0.3 is 14.4 Å². The van der Waals surface area contributed by atoms with Crippen molar-refractivity contribution in [2.75, 3.05) is 4.90 Å². The summed E-state index contributed by atoms with van der Waals surface area (Å²) in [4.78, 5) is 25.1. The highest BCUT2D eigenvalue weighted by atomic mass is 16.5. The molecule has 0 saturated heterocycles. The summed E-state index contributed by atoms with van der Waals surface area (Å²) in [5, 5.41) is 0. The Kier molecular flexibility index (Phi) is 6.67. The van der Waals surface area contributed by atoms with Crippen LogP contribution in [0.4, 0.5) is 17.1 Å². The van der Waals surface area contributed by atoms with E-state index in [0.717, 1.165) is 34.8 Å². The lowest BCUT2D eigenvalue weighted by Crippen LogP contribution is -2.11. The molecule has 0 aliphatic rings. The van der Waals surface area contributed by atoms with Crippen LogP contribution in [0.25, 0.3) is 0 Å². The second kappa shape index (κ2) is 9.59. The number of nitrogens with zero attached hydrogens (tertiary/aromatic N) is 1. The van der Waals surface area contributed by atoms with E-state index < -0.39 is 11.9 Å². The molecular formula is C26H23NO4. The Morgan fingerprint density at radius 1 is 0.710 bits per heavy atom. The lowest BCUT2D eigenvalue weighted by Gasteiger charge is -2.26. The van der Waals surface area contributed by atoms with Crippen LogP contribution < -0.4 is 14.4 Å². The zero-order valence-electron chi connectivity index (χ0n) is 17.5. The molecule has 31 heavy (non-hydrogen) atoms. The molecular weight excluding hydrogens is 390 g/mol. The van der Waals surface area contributed by atoms with Gasteiger partial charge >= 0.3 is 11.9 Å². The van der Waals surface area contributed by atoms with E-state index in [1.807, 2.05) is 35.2 Å². The maximum atomic E-state index is 11.6. The van der Waals surface area contributed by atoms with Gasteiger partial charge in [-0.15, -0.1) is 0 Å². The van der Waals surface area contributed by atoms with Gasteiger partial charge in [-0.25, -0.2) is 9.59 Å². The lowest BCUT2D eigenvalue weighted by molar-refractivity contribution is -0.129. The van der Waals surface area contributed by atoms with Crippen molar-refractivity contribution in [2.24, 2.45) is 0 Å². The van der Waals surface area contributed by atoms with Crippen LogP contribution >= 0.6 is 0 Å². The van der Waals surface area contributed by atoms with E-state index in [1.165, 1.54) is 5.56 Å². The number of benzene rings is 3. The number of hydrogen-bond acceptors (Lipinski definition) is 5. The summed E-state index contributed by atoms with van der Waals surface area (Å²) in [6, 6.07) is 20.5. The van der Waals surface area contributed by atoms with Crippen molar-refractivity contribution in [3.05, 3.63) is 103 Å². The van der Waals surface area contributed by atoms with E-state index in [-0.39, 0.29) is 0 Å². The number of anilines is 3. The first-order chi connectivity index (χ1) is 14.9. The molecule has 0 spiro atoms. The molecule has 0 unspecified atom stereocenters. The molecule has 0 atom stereocenters. The molecule has 0 saturated carbocycles. The van der Waals surface area contributed by atoms with Gasteiger partial charge in [-0.2, -0.15) is 0 Å². The van der Waals surface area contributed by atoms with Crippen LogP contribution in [0.15, 0.2) is 92.0 Å². The maximum absolute atomic E-state index is 11.6. The molecule has 0 N–H and O–H groups in total. The molecule has 0 amide bonds. The minimum Gasteiger partial charge on any atom is -0.423 e. The third-order valence-corrected chi connectivity index (χ3v) is 4.69. The van der Waals surface area contributed by atoms with Crippen LogP contribution in [0.1, 0.15) is 11.1 Å². The van der Waals surface area contributed by atoms with Crippen molar-refractivity contribution < 1.29 is 19.1 Å². The molecule has 0 heterocycles. The SMILES string of the molecule is C=CC(=O)Oc1ccc(N(c2cccc(OC(=O)C=C)c2)c2ccc(C)c(C)c2)cc1. The molecule has 5 nitrogen and oxygen atoms in total. The number of carbonyl (C=O) groups is 2. The Bertz CT molecular complexity index is 1130. The zero-order chi connectivity index (χ0) is 22.4. The van der Waals surface area contributed by atoms with Crippen molar-refractivity contribution in [1.29, 1.82) is 0 Å². The Morgan fingerprint density at radius 3 is 1.90 bits per heavy atom. The van der Waals surface area contributed by atoms with E-state index in [1.54, 1.807) is 24.3 Å². The molecule has 3 rings (SSSR count). The first-order valence-corrected chi connectivity index (χ1v) is 9.67. The van der Waals surface area contributed by atoms with Gasteiger partial charge in [0.25, 0.3) is 0 Å². The normalized spacial score (nSPS) is 10.1. The van der Waals surface area contributed by atoms with Crippen LogP contribution in [-0.4, -0.2) is 11.9 Å². The van der Waals surface area contributed by atoms with E-state index >= 15 is 0 Å². The average Bonchev–Trinajstić information content (AvgIpc) is 2.77. The molecule has 0 fully saturated rings. The van der Waals surface area contributed by atoms with Crippen LogP contribution in [-0.2, 0) is 9.59 Å². The van der Waals surface area contributed by atoms with Crippen LogP contribution in [0, 0.1) is 13.8 Å². The fourth-order valence-corrected chi connectivity index (χ4v) is 2.98. The maximum Gasteiger partial charge on any atom is 0.335 e. The first-order valence-electron chi connectivity index (χ1n) is 9.67. The van der Waals surface area contributed by atoms with E-state index in [4.69, 9.17) is 9.47 Å². The monoisotopic (exact) mass is 413 g/mol. The standard InChI is InChI=1S/C26H23NO4/c1-5-25(28)30-23-14-12-20(13-15-23)27(22-11-10-18(3)19(4)16-22)21-8-7-9-24(17-21)31-26(29)6-2/h5-17H,1-2H2,3-4H3. The highest BCUT2D eigenvalue weighted by Crippen LogP contribution is 2.37. The fraction of sp³-hybridized carbons (Fsp3) is 0.0769. The molecule has 0 aliphatic heterocycles. The van der Waals surface area contributed by atoms with Crippen molar-refractivity contribution >= 4 is 29.0 Å². The van der Waals surface area contributed by atoms with Gasteiger partial charge in [0.1, 0.15) is 11.5 Å². The van der Waals surface area contributed by atoms with Crippen molar-refractivity contribution in [3.8, 4) is 11.5 Å². The van der Waals surface area contributed by atoms with Gasteiger partial charge in [-0.05, 0) is 73.5 Å². The van der Waals surface area contributed by atoms with E-state index in [2.05, 4.69) is 39.1 Å². The first kappa shape index (κ1) is 21.6. The smallest absolute Gasteiger partial charge is 0.335 e. The van der Waals surface area contributed by atoms with Gasteiger partial charge in [0, 0.05) is 35.3 Å². The Hall–Kier alpha value is -4.12. The summed E-state index contributed by atoms with van der Waals surface area (Å²) in [7, 11) is 0. The predicted molar refractivity (Wildman–Crippen MR) is 122 cm³/mol. The van der Waals surface area contributed by atoms with Gasteiger partial charge in [0.05, 0.1) is 0 Å². The molecule has 0 aromatic heterocycles. The molecule has 0 radical (unpaired) electrons. The molecule has 3 aromatic rings. The number of hydrogen-bond donors (Lipinski definition) is 0. The summed E-state index contributed by atoms with van der Waals surface area (Å²) in [5.74, 6) is -0.214. The minimum atomic E-state index is -0.525. The van der Waals surface area contributed by atoms with Crippen molar-refractivity contribution in [3.63, 3.8) is 0 Å². The molecule has 0 bridgehead atoms.